The molecular weight excluding hydrogens is 275 g/mol. The van der Waals surface area contributed by atoms with Gasteiger partial charge in [-0.3, -0.25) is 4.21 Å². The topological polar surface area (TPSA) is 40.1 Å². The third-order valence-corrected chi connectivity index (χ3v) is 4.29. The van der Waals surface area contributed by atoms with Crippen LogP contribution in [0.1, 0.15) is 77.6 Å². The molecular formula is C13H27NaO2S2. The molecule has 1 unspecified atom stereocenters. The first-order chi connectivity index (χ1) is 8.06. The van der Waals surface area contributed by atoms with Crippen LogP contribution in [0.15, 0.2) is 0 Å². The van der Waals surface area contributed by atoms with Gasteiger partial charge in [-0.1, -0.05) is 71.1 Å². The van der Waals surface area contributed by atoms with Gasteiger partial charge in [0, 0.05) is 5.75 Å². The van der Waals surface area contributed by atoms with E-state index in [1.165, 1.54) is 51.4 Å². The van der Waals surface area contributed by atoms with Crippen LogP contribution >= 0.6 is 0 Å². The molecule has 2 nitrogen and oxygen atoms in total. The maximum atomic E-state index is 10.7. The van der Waals surface area contributed by atoms with Crippen molar-refractivity contribution in [3.8, 4) is 0 Å². The molecule has 0 heterocycles. The van der Waals surface area contributed by atoms with Crippen LogP contribution in [0.25, 0.3) is 0 Å². The Balaban J connectivity index is 0. The van der Waals surface area contributed by atoms with Crippen LogP contribution in [0.5, 0.6) is 0 Å². The van der Waals surface area contributed by atoms with E-state index in [9.17, 15) is 8.76 Å². The molecule has 0 aromatic rings. The molecule has 0 radical (unpaired) electrons. The zero-order valence-electron chi connectivity index (χ0n) is 12.1. The summed E-state index contributed by atoms with van der Waals surface area (Å²) in [5, 5.41) is 0. The van der Waals surface area contributed by atoms with Crippen molar-refractivity contribution in [3.63, 3.8) is 0 Å². The Labute approximate surface area is 140 Å². The number of hydrogen-bond donors (Lipinski definition) is 0. The fourth-order valence-electron chi connectivity index (χ4n) is 1.94. The van der Waals surface area contributed by atoms with Gasteiger partial charge in [0.05, 0.1) is 0 Å². The zero-order chi connectivity index (χ0) is 13.0. The zero-order valence-corrected chi connectivity index (χ0v) is 15.8. The average Bonchev–Trinajstić information content (AvgIpc) is 2.24. The van der Waals surface area contributed by atoms with E-state index in [1.54, 1.807) is 0 Å². The first-order valence-corrected chi connectivity index (χ1v) is 9.57. The van der Waals surface area contributed by atoms with Crippen molar-refractivity contribution in [2.24, 2.45) is 0 Å². The van der Waals surface area contributed by atoms with Crippen LogP contribution in [0.3, 0.4) is 0 Å². The SMILES string of the molecule is CCCCCCCCCCCCCS(=O)([O-])=S.[Na+]. The molecule has 0 amide bonds. The molecule has 0 bridgehead atoms. The molecule has 1 atom stereocenters. The van der Waals surface area contributed by atoms with E-state index >= 15 is 0 Å². The van der Waals surface area contributed by atoms with Gasteiger partial charge in [0.2, 0.25) is 0 Å². The Kier molecular flexibility index (Phi) is 17.7. The van der Waals surface area contributed by atoms with Crippen molar-refractivity contribution >= 4 is 20.0 Å². The van der Waals surface area contributed by atoms with Crippen molar-refractivity contribution in [1.29, 1.82) is 0 Å². The summed E-state index contributed by atoms with van der Waals surface area (Å²) in [6, 6.07) is 0. The summed E-state index contributed by atoms with van der Waals surface area (Å²) in [6.07, 6.45) is 13.6. The molecule has 0 saturated carbocycles. The summed E-state index contributed by atoms with van der Waals surface area (Å²) in [5.74, 6) is 0.180. The van der Waals surface area contributed by atoms with Crippen LogP contribution in [0, 0.1) is 0 Å². The van der Waals surface area contributed by atoms with E-state index < -0.39 is 8.77 Å². The van der Waals surface area contributed by atoms with Crippen LogP contribution < -0.4 is 29.6 Å². The van der Waals surface area contributed by atoms with E-state index in [0.29, 0.717) is 0 Å². The standard InChI is InChI=1S/C13H28O2S2.Na/c1-2-3-4-5-6-7-8-9-10-11-12-13-17(14,15)16;/h2-13H2,1H3,(H,14,15,16);/q;+1/p-1. The fraction of sp³-hybridized carbons (Fsp3) is 1.00. The van der Waals surface area contributed by atoms with Gasteiger partial charge < -0.3 is 4.55 Å². The normalized spacial score (nSPS) is 13.9. The van der Waals surface area contributed by atoms with Gasteiger partial charge in [-0.2, -0.15) is 0 Å². The van der Waals surface area contributed by atoms with Gasteiger partial charge in [-0.15, -0.1) is 0 Å². The van der Waals surface area contributed by atoms with Crippen LogP contribution in [-0.2, 0) is 20.0 Å². The molecule has 5 heteroatoms. The Morgan fingerprint density at radius 2 is 1.17 bits per heavy atom. The Morgan fingerprint density at radius 1 is 0.833 bits per heavy atom. The summed E-state index contributed by atoms with van der Waals surface area (Å²) in [5.41, 5.74) is 0. The third-order valence-electron chi connectivity index (χ3n) is 3.00. The predicted octanol–water partition coefficient (Wildman–Crippen LogP) is 1.18. The van der Waals surface area contributed by atoms with Crippen molar-refractivity contribution in [1.82, 2.24) is 0 Å². The maximum absolute atomic E-state index is 10.7. The van der Waals surface area contributed by atoms with Gasteiger partial charge in [0.1, 0.15) is 0 Å². The molecule has 0 aliphatic rings. The molecule has 0 saturated heterocycles. The predicted molar refractivity (Wildman–Crippen MR) is 77.6 cm³/mol. The minimum Gasteiger partial charge on any atom is -0.769 e. The van der Waals surface area contributed by atoms with Gasteiger partial charge in [-0.05, 0) is 26.4 Å². The first-order valence-electron chi connectivity index (χ1n) is 7.00. The molecule has 0 rings (SSSR count). The minimum atomic E-state index is -3.15. The largest absolute Gasteiger partial charge is 1.00 e. The molecule has 0 N–H and O–H groups in total. The molecule has 104 valence electrons. The molecule has 0 spiro atoms. The van der Waals surface area contributed by atoms with Crippen molar-refractivity contribution in [2.45, 2.75) is 77.6 Å². The average molecular weight is 302 g/mol. The maximum Gasteiger partial charge on any atom is 1.00 e. The fourth-order valence-corrected chi connectivity index (χ4v) is 2.85. The van der Waals surface area contributed by atoms with Crippen molar-refractivity contribution in [3.05, 3.63) is 0 Å². The third kappa shape index (κ3) is 19.7. The smallest absolute Gasteiger partial charge is 0.769 e. The Hall–Kier alpha value is 1.33. The van der Waals surface area contributed by atoms with Gasteiger partial charge in [0.25, 0.3) is 0 Å². The molecule has 0 aliphatic carbocycles. The van der Waals surface area contributed by atoms with E-state index in [-0.39, 0.29) is 35.3 Å². The molecule has 0 aromatic carbocycles. The van der Waals surface area contributed by atoms with Crippen molar-refractivity contribution in [2.75, 3.05) is 5.75 Å². The number of unbranched alkanes of at least 4 members (excludes halogenated alkanes) is 10. The molecule has 0 aliphatic heterocycles. The van der Waals surface area contributed by atoms with E-state index in [4.69, 9.17) is 0 Å². The van der Waals surface area contributed by atoms with E-state index in [0.717, 1.165) is 19.3 Å². The second kappa shape index (κ2) is 14.7. The van der Waals surface area contributed by atoms with Crippen molar-refractivity contribution < 1.29 is 38.3 Å². The number of hydrogen-bond acceptors (Lipinski definition) is 3. The summed E-state index contributed by atoms with van der Waals surface area (Å²) < 4.78 is 21.4. The quantitative estimate of drug-likeness (QED) is 0.401. The Morgan fingerprint density at radius 3 is 1.50 bits per heavy atom. The summed E-state index contributed by atoms with van der Waals surface area (Å²) in [7, 11) is -3.15. The number of rotatable bonds is 12. The van der Waals surface area contributed by atoms with Crippen LogP contribution in [0.2, 0.25) is 0 Å². The molecule has 0 aromatic heterocycles. The van der Waals surface area contributed by atoms with Gasteiger partial charge in [0.15, 0.2) is 0 Å². The minimum absolute atomic E-state index is 0. The first kappa shape index (κ1) is 21.6. The van der Waals surface area contributed by atoms with Crippen LogP contribution in [0.4, 0.5) is 0 Å². The summed E-state index contributed by atoms with van der Waals surface area (Å²) >= 11 is 4.33. The van der Waals surface area contributed by atoms with E-state index in [2.05, 4.69) is 18.1 Å². The summed E-state index contributed by atoms with van der Waals surface area (Å²) in [4.78, 5) is 0. The van der Waals surface area contributed by atoms with Gasteiger partial charge in [-0.25, -0.2) is 0 Å². The van der Waals surface area contributed by atoms with Crippen LogP contribution in [-0.4, -0.2) is 14.5 Å². The molecule has 18 heavy (non-hydrogen) atoms. The second-order valence-corrected chi connectivity index (χ2v) is 7.84. The molecule has 0 fully saturated rings. The Bertz CT molecular complexity index is 254. The summed E-state index contributed by atoms with van der Waals surface area (Å²) in [6.45, 7) is 2.24. The second-order valence-electron chi connectivity index (χ2n) is 4.80. The van der Waals surface area contributed by atoms with Gasteiger partial charge >= 0.3 is 29.6 Å². The monoisotopic (exact) mass is 302 g/mol. The van der Waals surface area contributed by atoms with E-state index in [1.807, 2.05) is 0 Å².